The Hall–Kier alpha value is -1.88. The van der Waals surface area contributed by atoms with Crippen LogP contribution in [0.3, 0.4) is 0 Å². The number of esters is 2. The van der Waals surface area contributed by atoms with E-state index in [-0.39, 0.29) is 30.9 Å². The zero-order valence-corrected chi connectivity index (χ0v) is 9.36. The van der Waals surface area contributed by atoms with E-state index in [2.05, 4.69) is 0 Å². The number of aliphatic hydroxyl groups is 1. The van der Waals surface area contributed by atoms with Crippen molar-refractivity contribution in [2.75, 3.05) is 6.61 Å². The normalized spacial score (nSPS) is 13.2. The van der Waals surface area contributed by atoms with Gasteiger partial charge in [-0.15, -0.1) is 0 Å². The summed E-state index contributed by atoms with van der Waals surface area (Å²) in [4.78, 5) is 23.2. The number of carbonyl (C=O) groups is 2. The molecule has 1 heterocycles. The van der Waals surface area contributed by atoms with Crippen molar-refractivity contribution in [2.45, 2.75) is 20.1 Å². The van der Waals surface area contributed by atoms with E-state index in [1.165, 1.54) is 6.07 Å². The maximum Gasteiger partial charge on any atom is 0.339 e. The number of ether oxygens (including phenoxy) is 2. The van der Waals surface area contributed by atoms with E-state index >= 15 is 0 Å². The van der Waals surface area contributed by atoms with Crippen LogP contribution in [0.1, 0.15) is 38.8 Å². The van der Waals surface area contributed by atoms with Gasteiger partial charge < -0.3 is 14.6 Å². The zero-order chi connectivity index (χ0) is 12.4. The van der Waals surface area contributed by atoms with Crippen LogP contribution in [0.2, 0.25) is 0 Å². The van der Waals surface area contributed by atoms with Gasteiger partial charge in [0, 0.05) is 5.56 Å². The van der Waals surface area contributed by atoms with Crippen LogP contribution >= 0.6 is 0 Å². The van der Waals surface area contributed by atoms with Gasteiger partial charge >= 0.3 is 11.9 Å². The number of rotatable bonds is 3. The maximum atomic E-state index is 11.7. The molecule has 0 saturated heterocycles. The van der Waals surface area contributed by atoms with E-state index in [1.807, 2.05) is 0 Å². The molecule has 0 amide bonds. The average Bonchev–Trinajstić information content (AvgIpc) is 2.71. The van der Waals surface area contributed by atoms with Gasteiger partial charge in [-0.25, -0.2) is 9.59 Å². The number of carbonyl (C=O) groups excluding carboxylic acids is 2. The molecule has 1 aromatic rings. The maximum absolute atomic E-state index is 11.7. The molecule has 5 nitrogen and oxygen atoms in total. The first-order chi connectivity index (χ1) is 8.19. The fourth-order valence-electron chi connectivity index (χ4n) is 1.83. The third kappa shape index (κ3) is 1.89. The van der Waals surface area contributed by atoms with Crippen LogP contribution < -0.4 is 0 Å². The number of cyclic esters (lactones) is 1. The minimum Gasteiger partial charge on any atom is -0.462 e. The first kappa shape index (κ1) is 11.6. The summed E-state index contributed by atoms with van der Waals surface area (Å²) in [7, 11) is 0. The standard InChI is InChI=1S/C12H12O5/c1-2-16-11(14)8-4-3-7(5-13)9-6-17-12(15)10(8)9/h3-4,13H,2,5-6H2,1H3. The van der Waals surface area contributed by atoms with Gasteiger partial charge in [0.25, 0.3) is 0 Å². The highest BCUT2D eigenvalue weighted by Crippen LogP contribution is 2.27. The molecule has 0 unspecified atom stereocenters. The smallest absolute Gasteiger partial charge is 0.339 e. The minimum atomic E-state index is -0.549. The quantitative estimate of drug-likeness (QED) is 0.793. The van der Waals surface area contributed by atoms with E-state index in [4.69, 9.17) is 14.6 Å². The molecule has 2 rings (SSSR count). The predicted octanol–water partition coefficient (Wildman–Crippen LogP) is 1.03. The molecule has 1 aromatic carbocycles. The third-order valence-electron chi connectivity index (χ3n) is 2.63. The van der Waals surface area contributed by atoms with Gasteiger partial charge in [0.2, 0.25) is 0 Å². The summed E-state index contributed by atoms with van der Waals surface area (Å²) in [5.74, 6) is -1.09. The second kappa shape index (κ2) is 4.55. The summed E-state index contributed by atoms with van der Waals surface area (Å²) in [6, 6.07) is 3.09. The Morgan fingerprint density at radius 3 is 2.94 bits per heavy atom. The van der Waals surface area contributed by atoms with Crippen LogP contribution in [0.15, 0.2) is 12.1 Å². The third-order valence-corrected chi connectivity index (χ3v) is 2.63. The van der Waals surface area contributed by atoms with Crippen molar-refractivity contribution in [3.63, 3.8) is 0 Å². The summed E-state index contributed by atoms with van der Waals surface area (Å²) >= 11 is 0. The zero-order valence-electron chi connectivity index (χ0n) is 9.36. The highest BCUT2D eigenvalue weighted by Gasteiger charge is 2.30. The van der Waals surface area contributed by atoms with Gasteiger partial charge in [0.05, 0.1) is 24.3 Å². The van der Waals surface area contributed by atoms with Gasteiger partial charge in [-0.1, -0.05) is 6.07 Å². The molecule has 0 radical (unpaired) electrons. The molecule has 1 aliphatic heterocycles. The van der Waals surface area contributed by atoms with Crippen LogP contribution in [0.5, 0.6) is 0 Å². The molecule has 17 heavy (non-hydrogen) atoms. The molecule has 1 aliphatic rings. The molecular weight excluding hydrogens is 224 g/mol. The second-order valence-electron chi connectivity index (χ2n) is 3.58. The average molecular weight is 236 g/mol. The molecule has 0 bridgehead atoms. The number of hydrogen-bond acceptors (Lipinski definition) is 5. The largest absolute Gasteiger partial charge is 0.462 e. The topological polar surface area (TPSA) is 72.8 Å². The van der Waals surface area contributed by atoms with E-state index in [0.717, 1.165) is 0 Å². The summed E-state index contributed by atoms with van der Waals surface area (Å²) < 4.78 is 9.74. The lowest BCUT2D eigenvalue weighted by atomic mass is 9.98. The van der Waals surface area contributed by atoms with Crippen molar-refractivity contribution in [3.05, 3.63) is 34.4 Å². The molecule has 90 valence electrons. The number of hydrogen-bond donors (Lipinski definition) is 1. The van der Waals surface area contributed by atoms with Crippen molar-refractivity contribution in [1.82, 2.24) is 0 Å². The van der Waals surface area contributed by atoms with Crippen molar-refractivity contribution < 1.29 is 24.2 Å². The fraction of sp³-hybridized carbons (Fsp3) is 0.333. The highest BCUT2D eigenvalue weighted by molar-refractivity contribution is 6.05. The van der Waals surface area contributed by atoms with E-state index in [0.29, 0.717) is 11.1 Å². The van der Waals surface area contributed by atoms with Gasteiger partial charge in [-0.3, -0.25) is 0 Å². The highest BCUT2D eigenvalue weighted by atomic mass is 16.5. The summed E-state index contributed by atoms with van der Waals surface area (Å²) in [5.41, 5.74) is 1.58. The van der Waals surface area contributed by atoms with Crippen LogP contribution in [0.25, 0.3) is 0 Å². The molecule has 1 N–H and O–H groups in total. The Morgan fingerprint density at radius 2 is 2.29 bits per heavy atom. The SMILES string of the molecule is CCOC(=O)c1ccc(CO)c2c1C(=O)OC2. The molecule has 0 atom stereocenters. The van der Waals surface area contributed by atoms with E-state index in [1.54, 1.807) is 13.0 Å². The molecule has 5 heteroatoms. The molecular formula is C12H12O5. The molecule has 0 saturated carbocycles. The lowest BCUT2D eigenvalue weighted by molar-refractivity contribution is 0.0491. The number of benzene rings is 1. The van der Waals surface area contributed by atoms with Crippen molar-refractivity contribution in [2.24, 2.45) is 0 Å². The molecule has 0 aromatic heterocycles. The number of aliphatic hydroxyl groups excluding tert-OH is 1. The van der Waals surface area contributed by atoms with Crippen molar-refractivity contribution in [1.29, 1.82) is 0 Å². The summed E-state index contributed by atoms with van der Waals surface area (Å²) in [6.45, 7) is 1.84. The first-order valence-corrected chi connectivity index (χ1v) is 5.28. The van der Waals surface area contributed by atoms with E-state index in [9.17, 15) is 9.59 Å². The minimum absolute atomic E-state index is 0.0945. The van der Waals surface area contributed by atoms with Crippen LogP contribution in [0, 0.1) is 0 Å². The summed E-state index contributed by atoms with van der Waals surface area (Å²) in [5, 5.41) is 9.14. The van der Waals surface area contributed by atoms with Crippen molar-refractivity contribution in [3.8, 4) is 0 Å². The molecule has 0 fully saturated rings. The Bertz CT molecular complexity index is 478. The van der Waals surface area contributed by atoms with Crippen LogP contribution in [-0.4, -0.2) is 23.7 Å². The van der Waals surface area contributed by atoms with Gasteiger partial charge in [-0.05, 0) is 18.6 Å². The second-order valence-corrected chi connectivity index (χ2v) is 3.58. The Kier molecular flexibility index (Phi) is 3.10. The van der Waals surface area contributed by atoms with Crippen molar-refractivity contribution >= 4 is 11.9 Å². The van der Waals surface area contributed by atoms with Gasteiger partial charge in [0.1, 0.15) is 6.61 Å². The van der Waals surface area contributed by atoms with Crippen LogP contribution in [-0.2, 0) is 22.7 Å². The lowest BCUT2D eigenvalue weighted by Gasteiger charge is -2.07. The number of fused-ring (bicyclic) bond motifs is 1. The predicted molar refractivity (Wildman–Crippen MR) is 57.4 cm³/mol. The Balaban J connectivity index is 2.52. The Morgan fingerprint density at radius 1 is 1.53 bits per heavy atom. The fourth-order valence-corrected chi connectivity index (χ4v) is 1.83. The van der Waals surface area contributed by atoms with E-state index < -0.39 is 11.9 Å². The van der Waals surface area contributed by atoms with Crippen LogP contribution in [0.4, 0.5) is 0 Å². The monoisotopic (exact) mass is 236 g/mol. The Labute approximate surface area is 98.0 Å². The van der Waals surface area contributed by atoms with Gasteiger partial charge in [0.15, 0.2) is 0 Å². The molecule has 0 aliphatic carbocycles. The first-order valence-electron chi connectivity index (χ1n) is 5.28. The lowest BCUT2D eigenvalue weighted by Crippen LogP contribution is -2.11. The molecule has 0 spiro atoms. The summed E-state index contributed by atoms with van der Waals surface area (Å²) in [6.07, 6.45) is 0. The van der Waals surface area contributed by atoms with Gasteiger partial charge in [-0.2, -0.15) is 0 Å².